The van der Waals surface area contributed by atoms with Gasteiger partial charge in [0.1, 0.15) is 18.1 Å². The lowest BCUT2D eigenvalue weighted by molar-refractivity contribution is -0.128. The van der Waals surface area contributed by atoms with Crippen LogP contribution in [0, 0.1) is 20.8 Å². The van der Waals surface area contributed by atoms with Gasteiger partial charge >= 0.3 is 0 Å². The summed E-state index contributed by atoms with van der Waals surface area (Å²) < 4.78 is 11.6. The fraction of sp³-hybridized carbons (Fsp3) is 0.381. The zero-order valence-electron chi connectivity index (χ0n) is 15.5. The van der Waals surface area contributed by atoms with Crippen molar-refractivity contribution in [3.05, 3.63) is 59.2 Å². The molecule has 0 aromatic heterocycles. The Hall–Kier alpha value is -2.49. The topological polar surface area (TPSA) is 47.6 Å². The number of hydrogen-bond acceptors (Lipinski definition) is 3. The normalized spacial score (nSPS) is 11.7. The minimum absolute atomic E-state index is 0.116. The fourth-order valence-electron chi connectivity index (χ4n) is 2.57. The van der Waals surface area contributed by atoms with Crippen molar-refractivity contribution in [2.45, 2.75) is 40.2 Å². The minimum atomic E-state index is -0.498. The van der Waals surface area contributed by atoms with Gasteiger partial charge in [-0.15, -0.1) is 0 Å². The molecule has 2 aromatic carbocycles. The molecule has 134 valence electrons. The molecular weight excluding hydrogens is 314 g/mol. The van der Waals surface area contributed by atoms with E-state index in [1.807, 2.05) is 57.2 Å². The second-order valence-corrected chi connectivity index (χ2v) is 6.19. The van der Waals surface area contributed by atoms with Gasteiger partial charge in [-0.2, -0.15) is 0 Å². The van der Waals surface area contributed by atoms with Crippen LogP contribution in [0.5, 0.6) is 11.5 Å². The van der Waals surface area contributed by atoms with Crippen molar-refractivity contribution in [1.82, 2.24) is 5.32 Å². The number of hydrogen-bond donors (Lipinski definition) is 1. The Morgan fingerprint density at radius 2 is 1.80 bits per heavy atom. The highest BCUT2D eigenvalue weighted by atomic mass is 16.5. The molecule has 0 bridgehead atoms. The Balaban J connectivity index is 1.81. The summed E-state index contributed by atoms with van der Waals surface area (Å²) in [6, 6.07) is 13.8. The highest BCUT2D eigenvalue weighted by molar-refractivity contribution is 5.81. The maximum atomic E-state index is 12.3. The molecule has 0 aliphatic heterocycles. The lowest BCUT2D eigenvalue weighted by Gasteiger charge is -2.18. The Bertz CT molecular complexity index is 712. The number of para-hydroxylation sites is 1. The zero-order chi connectivity index (χ0) is 18.2. The summed E-state index contributed by atoms with van der Waals surface area (Å²) in [6.07, 6.45) is 0.111. The number of aryl methyl sites for hydroxylation is 3. The van der Waals surface area contributed by atoms with Gasteiger partial charge in [0, 0.05) is 0 Å². The van der Waals surface area contributed by atoms with Crippen molar-refractivity contribution >= 4 is 5.91 Å². The van der Waals surface area contributed by atoms with E-state index in [-0.39, 0.29) is 5.91 Å². The smallest absolute Gasteiger partial charge is 0.261 e. The van der Waals surface area contributed by atoms with Crippen LogP contribution in [0.1, 0.15) is 30.0 Å². The second kappa shape index (κ2) is 9.11. The first-order valence-corrected chi connectivity index (χ1v) is 8.71. The molecule has 2 rings (SSSR count). The van der Waals surface area contributed by atoms with Crippen molar-refractivity contribution in [2.75, 3.05) is 13.2 Å². The Kier molecular flexibility index (Phi) is 6.87. The molecule has 1 atom stereocenters. The summed E-state index contributed by atoms with van der Waals surface area (Å²) in [5, 5.41) is 2.89. The molecule has 0 heterocycles. The largest absolute Gasteiger partial charge is 0.491 e. The summed E-state index contributed by atoms with van der Waals surface area (Å²) in [6.45, 7) is 8.85. The molecule has 0 unspecified atom stereocenters. The van der Waals surface area contributed by atoms with Crippen LogP contribution in [0.15, 0.2) is 42.5 Å². The van der Waals surface area contributed by atoms with Crippen LogP contribution in [-0.2, 0) is 4.79 Å². The van der Waals surface area contributed by atoms with Crippen LogP contribution in [0.25, 0.3) is 0 Å². The molecule has 0 fully saturated rings. The van der Waals surface area contributed by atoms with Crippen molar-refractivity contribution < 1.29 is 14.3 Å². The highest BCUT2D eigenvalue weighted by Crippen LogP contribution is 2.19. The van der Waals surface area contributed by atoms with Crippen molar-refractivity contribution in [3.8, 4) is 11.5 Å². The molecule has 1 amide bonds. The second-order valence-electron chi connectivity index (χ2n) is 6.19. The van der Waals surface area contributed by atoms with Gasteiger partial charge in [0.25, 0.3) is 5.91 Å². The summed E-state index contributed by atoms with van der Waals surface area (Å²) >= 11 is 0. The summed E-state index contributed by atoms with van der Waals surface area (Å²) in [4.78, 5) is 12.3. The van der Waals surface area contributed by atoms with Gasteiger partial charge in [-0.05, 0) is 50.5 Å². The maximum absolute atomic E-state index is 12.3. The number of nitrogens with one attached hydrogen (secondary N) is 1. The summed E-state index contributed by atoms with van der Waals surface area (Å²) in [5.41, 5.74) is 3.32. The molecule has 0 aliphatic rings. The number of benzene rings is 2. The average molecular weight is 341 g/mol. The molecule has 4 heteroatoms. The van der Waals surface area contributed by atoms with Gasteiger partial charge in [0.05, 0.1) is 6.54 Å². The Morgan fingerprint density at radius 3 is 2.48 bits per heavy atom. The van der Waals surface area contributed by atoms with Gasteiger partial charge in [0.15, 0.2) is 6.10 Å². The van der Waals surface area contributed by atoms with Crippen molar-refractivity contribution in [2.24, 2.45) is 0 Å². The van der Waals surface area contributed by atoms with Crippen LogP contribution < -0.4 is 14.8 Å². The molecule has 0 spiro atoms. The van der Waals surface area contributed by atoms with Crippen LogP contribution in [0.4, 0.5) is 0 Å². The van der Waals surface area contributed by atoms with Crippen LogP contribution in [0.3, 0.4) is 0 Å². The first-order valence-electron chi connectivity index (χ1n) is 8.71. The van der Waals surface area contributed by atoms with E-state index in [2.05, 4.69) is 18.3 Å². The SMILES string of the molecule is CC[C@H](Oc1ccccc1C)C(=O)NCCOc1ccc(C)cc1C. The van der Waals surface area contributed by atoms with Gasteiger partial charge in [-0.25, -0.2) is 0 Å². The predicted octanol–water partition coefficient (Wildman–Crippen LogP) is 3.96. The molecular formula is C21H27NO3. The third kappa shape index (κ3) is 5.52. The van der Waals surface area contributed by atoms with E-state index in [1.165, 1.54) is 5.56 Å². The van der Waals surface area contributed by atoms with Gasteiger partial charge in [-0.1, -0.05) is 42.8 Å². The summed E-state index contributed by atoms with van der Waals surface area (Å²) in [5.74, 6) is 1.48. The highest BCUT2D eigenvalue weighted by Gasteiger charge is 2.18. The molecule has 25 heavy (non-hydrogen) atoms. The lowest BCUT2D eigenvalue weighted by atomic mass is 10.1. The van der Waals surface area contributed by atoms with E-state index in [0.29, 0.717) is 19.6 Å². The molecule has 0 aliphatic carbocycles. The van der Waals surface area contributed by atoms with Crippen molar-refractivity contribution in [1.29, 1.82) is 0 Å². The summed E-state index contributed by atoms with van der Waals surface area (Å²) in [7, 11) is 0. The first kappa shape index (κ1) is 18.8. The number of amides is 1. The fourth-order valence-corrected chi connectivity index (χ4v) is 2.57. The quantitative estimate of drug-likeness (QED) is 0.739. The van der Waals surface area contributed by atoms with Gasteiger partial charge in [-0.3, -0.25) is 4.79 Å². The van der Waals surface area contributed by atoms with Crippen LogP contribution in [-0.4, -0.2) is 25.2 Å². The van der Waals surface area contributed by atoms with E-state index < -0.39 is 6.10 Å². The molecule has 2 aromatic rings. The van der Waals surface area contributed by atoms with Crippen LogP contribution >= 0.6 is 0 Å². The van der Waals surface area contributed by atoms with E-state index >= 15 is 0 Å². The third-order valence-electron chi connectivity index (χ3n) is 4.02. The molecule has 1 N–H and O–H groups in total. The first-order chi connectivity index (χ1) is 12.0. The maximum Gasteiger partial charge on any atom is 0.261 e. The zero-order valence-corrected chi connectivity index (χ0v) is 15.5. The van der Waals surface area contributed by atoms with E-state index in [9.17, 15) is 4.79 Å². The third-order valence-corrected chi connectivity index (χ3v) is 4.02. The number of carbonyl (C=O) groups is 1. The van der Waals surface area contributed by atoms with Crippen LogP contribution in [0.2, 0.25) is 0 Å². The van der Waals surface area contributed by atoms with E-state index in [0.717, 1.165) is 22.6 Å². The number of rotatable bonds is 8. The van der Waals surface area contributed by atoms with E-state index in [4.69, 9.17) is 9.47 Å². The van der Waals surface area contributed by atoms with Gasteiger partial charge < -0.3 is 14.8 Å². The predicted molar refractivity (Wildman–Crippen MR) is 100 cm³/mol. The molecule has 4 nitrogen and oxygen atoms in total. The number of carbonyl (C=O) groups excluding carboxylic acids is 1. The monoisotopic (exact) mass is 341 g/mol. The minimum Gasteiger partial charge on any atom is -0.491 e. The standard InChI is InChI=1S/C21H27NO3/c1-5-18(25-20-9-7-6-8-16(20)3)21(23)22-12-13-24-19-11-10-15(2)14-17(19)4/h6-11,14,18H,5,12-13H2,1-4H3,(H,22,23)/t18-/m0/s1. The lowest BCUT2D eigenvalue weighted by Crippen LogP contribution is -2.39. The Morgan fingerprint density at radius 1 is 1.04 bits per heavy atom. The van der Waals surface area contributed by atoms with Crippen molar-refractivity contribution in [3.63, 3.8) is 0 Å². The molecule has 0 saturated carbocycles. The number of ether oxygens (including phenoxy) is 2. The van der Waals surface area contributed by atoms with E-state index in [1.54, 1.807) is 0 Å². The average Bonchev–Trinajstić information content (AvgIpc) is 2.59. The van der Waals surface area contributed by atoms with Gasteiger partial charge in [0.2, 0.25) is 0 Å². The molecule has 0 saturated heterocycles. The molecule has 0 radical (unpaired) electrons. The Labute approximate surface area is 150 Å².